The molecule has 0 bridgehead atoms. The van der Waals surface area contributed by atoms with Crippen molar-refractivity contribution in [2.24, 2.45) is 11.5 Å². The first kappa shape index (κ1) is 29.0. The summed E-state index contributed by atoms with van der Waals surface area (Å²) in [5, 5.41) is 20.1. The van der Waals surface area contributed by atoms with E-state index >= 15 is 0 Å². The third kappa shape index (κ3) is 7.87. The van der Waals surface area contributed by atoms with E-state index in [2.05, 4.69) is 9.47 Å². The minimum absolute atomic E-state index is 0. The van der Waals surface area contributed by atoms with Gasteiger partial charge in [0.05, 0.1) is 5.57 Å². The van der Waals surface area contributed by atoms with E-state index in [0.717, 1.165) is 12.8 Å². The minimum Gasteiger partial charge on any atom is -0.872 e. The molecule has 2 heterocycles. The summed E-state index contributed by atoms with van der Waals surface area (Å²) in [6, 6.07) is 0.562. The Morgan fingerprint density at radius 3 is 1.48 bits per heavy atom. The zero-order valence-corrected chi connectivity index (χ0v) is 20.2. The number of carbonyl (C=O) groups is 4. The van der Waals surface area contributed by atoms with Crippen molar-refractivity contribution in [3.05, 3.63) is 22.7 Å². The Hall–Kier alpha value is -2.03. The molecule has 0 spiro atoms. The maximum Gasteiger partial charge on any atom is 0.346 e. The van der Waals surface area contributed by atoms with E-state index in [1.807, 2.05) is 0 Å². The number of nitrogens with two attached hydrogens (primary N) is 2. The van der Waals surface area contributed by atoms with Crippen molar-refractivity contribution in [2.75, 3.05) is 0 Å². The molecule has 10 nitrogen and oxygen atoms in total. The van der Waals surface area contributed by atoms with Gasteiger partial charge < -0.3 is 31.2 Å². The van der Waals surface area contributed by atoms with Crippen molar-refractivity contribution in [1.29, 1.82) is 0 Å². The van der Waals surface area contributed by atoms with E-state index in [1.54, 1.807) is 0 Å². The van der Waals surface area contributed by atoms with Crippen LogP contribution in [0.3, 0.4) is 0 Å². The fourth-order valence-electron chi connectivity index (χ4n) is 2.99. The number of ether oxygens (including phenoxy) is 2. The van der Waals surface area contributed by atoms with Gasteiger partial charge in [0.25, 0.3) is 0 Å². The molecule has 3 aliphatic rings. The van der Waals surface area contributed by atoms with Crippen LogP contribution >= 0.6 is 0 Å². The second-order valence-corrected chi connectivity index (χ2v) is 7.32. The maximum atomic E-state index is 11.0. The summed E-state index contributed by atoms with van der Waals surface area (Å²) in [5.74, 6) is -3.29. The van der Waals surface area contributed by atoms with Gasteiger partial charge in [-0.2, -0.15) is 0 Å². The van der Waals surface area contributed by atoms with Crippen LogP contribution in [0.15, 0.2) is 22.7 Å². The number of ketones is 2. The van der Waals surface area contributed by atoms with Crippen LogP contribution in [0.25, 0.3) is 0 Å². The molecule has 0 aromatic carbocycles. The zero-order chi connectivity index (χ0) is 23.2. The Bertz CT molecular complexity index is 713. The topological polar surface area (TPSA) is 182 Å². The molecule has 0 aromatic rings. The normalized spacial score (nSPS) is 27.2. The zero-order valence-electron chi connectivity index (χ0n) is 17.9. The van der Waals surface area contributed by atoms with Gasteiger partial charge in [0.1, 0.15) is 11.7 Å². The second kappa shape index (κ2) is 12.7. The Morgan fingerprint density at radius 2 is 1.29 bits per heavy atom. The number of cyclic esters (lactones) is 2. The Balaban J connectivity index is 0.000000434. The first-order valence-corrected chi connectivity index (χ1v) is 9.67. The first-order valence-electron chi connectivity index (χ1n) is 9.67. The fourth-order valence-corrected chi connectivity index (χ4v) is 2.99. The number of hydrogen-bond acceptors (Lipinski definition) is 10. The number of Topliss-reactive ketones (excluding diaryl/α,β-unsaturated/α-hetero) is 2. The summed E-state index contributed by atoms with van der Waals surface area (Å²) < 4.78 is 9.06. The van der Waals surface area contributed by atoms with E-state index < -0.39 is 41.5 Å². The molecule has 4 atom stereocenters. The molecular formula is C20H29N2O8Pt-. The van der Waals surface area contributed by atoms with Crippen molar-refractivity contribution in [1.82, 2.24) is 0 Å². The van der Waals surface area contributed by atoms with E-state index in [0.29, 0.717) is 0 Å². The molecule has 11 heteroatoms. The molecule has 0 saturated heterocycles. The van der Waals surface area contributed by atoms with E-state index in [-0.39, 0.29) is 50.1 Å². The van der Waals surface area contributed by atoms with Gasteiger partial charge in [-0.3, -0.25) is 9.59 Å². The van der Waals surface area contributed by atoms with Crippen LogP contribution in [-0.4, -0.2) is 52.9 Å². The van der Waals surface area contributed by atoms with Crippen molar-refractivity contribution in [3.63, 3.8) is 0 Å². The fraction of sp³-hybridized carbons (Fsp3) is 0.600. The van der Waals surface area contributed by atoms with Crippen LogP contribution in [0, 0.1) is 0 Å². The molecule has 5 N–H and O–H groups in total. The molecule has 0 radical (unpaired) electrons. The average molecular weight is 621 g/mol. The molecule has 0 aromatic heterocycles. The number of carbonyl (C=O) groups excluding carboxylic acids is 4. The van der Waals surface area contributed by atoms with Crippen molar-refractivity contribution in [2.45, 2.75) is 77.7 Å². The van der Waals surface area contributed by atoms with Crippen LogP contribution in [-0.2, 0) is 49.7 Å². The second-order valence-electron chi connectivity index (χ2n) is 7.32. The van der Waals surface area contributed by atoms with E-state index in [1.165, 1.54) is 40.5 Å². The number of aliphatic hydroxyl groups is 1. The summed E-state index contributed by atoms with van der Waals surface area (Å²) in [6.07, 6.45) is 3.33. The Kier molecular flexibility index (Phi) is 11.9. The molecule has 31 heavy (non-hydrogen) atoms. The van der Waals surface area contributed by atoms with E-state index in [4.69, 9.17) is 16.6 Å². The maximum absolute atomic E-state index is 11.0. The Morgan fingerprint density at radius 1 is 0.903 bits per heavy atom. The van der Waals surface area contributed by atoms with Crippen LogP contribution in [0.1, 0.15) is 53.4 Å². The molecule has 1 saturated carbocycles. The molecule has 0 amide bonds. The van der Waals surface area contributed by atoms with Crippen LogP contribution in [0.5, 0.6) is 0 Å². The predicted octanol–water partition coefficient (Wildman–Crippen LogP) is -0.320. The minimum atomic E-state index is -0.796. The molecule has 178 valence electrons. The number of aliphatic hydroxyl groups excluding tert-OH is 1. The summed E-state index contributed by atoms with van der Waals surface area (Å²) in [4.78, 5) is 42.9. The Labute approximate surface area is 195 Å². The summed E-state index contributed by atoms with van der Waals surface area (Å²) in [6.45, 7) is 5.33. The van der Waals surface area contributed by atoms with Gasteiger partial charge in [0, 0.05) is 33.1 Å². The quantitative estimate of drug-likeness (QED) is 0.273. The largest absolute Gasteiger partial charge is 0.872 e. The smallest absolute Gasteiger partial charge is 0.346 e. The van der Waals surface area contributed by atoms with Gasteiger partial charge in [-0.25, -0.2) is 9.59 Å². The van der Waals surface area contributed by atoms with Crippen LogP contribution in [0.4, 0.5) is 0 Å². The molecule has 2 aliphatic heterocycles. The van der Waals surface area contributed by atoms with Crippen molar-refractivity contribution in [3.8, 4) is 0 Å². The predicted molar refractivity (Wildman–Crippen MR) is 104 cm³/mol. The van der Waals surface area contributed by atoms with Crippen molar-refractivity contribution < 1.29 is 59.9 Å². The molecule has 0 unspecified atom stereocenters. The number of esters is 2. The average Bonchev–Trinajstić information content (AvgIpc) is 3.05. The van der Waals surface area contributed by atoms with Crippen LogP contribution in [0.2, 0.25) is 0 Å². The first-order chi connectivity index (χ1) is 13.9. The summed E-state index contributed by atoms with van der Waals surface area (Å²) >= 11 is 0. The summed E-state index contributed by atoms with van der Waals surface area (Å²) in [7, 11) is 0. The van der Waals surface area contributed by atoms with Gasteiger partial charge in [-0.1, -0.05) is 18.6 Å². The van der Waals surface area contributed by atoms with Gasteiger partial charge in [-0.05, 0) is 40.5 Å². The molecule has 3 rings (SSSR count). The van der Waals surface area contributed by atoms with Gasteiger partial charge in [-0.15, -0.1) is 0 Å². The van der Waals surface area contributed by atoms with E-state index in [9.17, 15) is 24.3 Å². The van der Waals surface area contributed by atoms with Gasteiger partial charge >= 0.3 is 11.9 Å². The number of hydrogen-bond donors (Lipinski definition) is 3. The number of rotatable bonds is 2. The van der Waals surface area contributed by atoms with Crippen molar-refractivity contribution >= 4 is 23.5 Å². The molecule has 1 aliphatic carbocycles. The standard InChI is InChI=1S/2C7H8O4.C6H14N2.Pt/c2*1-3(8)5-6(9)4(2)11-7(5)10;7-5-3-1-2-4-6(5)8;/h2*4,9H,1-2H3;5-6H,1-4,7-8H2;/p-1/t2*4-;5-,6-;/m001./s1. The van der Waals surface area contributed by atoms with Gasteiger partial charge in [0.15, 0.2) is 23.4 Å². The summed E-state index contributed by atoms with van der Waals surface area (Å²) in [5.41, 5.74) is 10.7. The third-order valence-electron chi connectivity index (χ3n) is 4.81. The molecular weight excluding hydrogens is 591 g/mol. The van der Waals surface area contributed by atoms with Gasteiger partial charge in [0.2, 0.25) is 0 Å². The monoisotopic (exact) mass is 620 g/mol. The third-order valence-corrected chi connectivity index (χ3v) is 4.81. The SMILES string of the molecule is CC(=O)C1=C(O)[C@H](C)OC1=O.CC(=O)C1=C([O-])[C@H](C)OC1=O.N[C@@H]1CCCC[C@H]1N.[Pt]. The van der Waals surface area contributed by atoms with Crippen LogP contribution < -0.4 is 16.6 Å². The molecule has 1 fully saturated rings.